The fourth-order valence-electron chi connectivity index (χ4n) is 4.01. The molecular formula is C15H18FNO3. The first kappa shape index (κ1) is 13.4. The largest absolute Gasteiger partial charge is 0.465 e. The number of carboxylic acid groups (broad SMARTS) is 1. The van der Waals surface area contributed by atoms with Gasteiger partial charge in [0, 0.05) is 5.54 Å². The molecule has 4 nitrogen and oxygen atoms in total. The Kier molecular flexibility index (Phi) is 2.80. The molecule has 0 radical (unpaired) electrons. The third-order valence-electron chi connectivity index (χ3n) is 5.04. The number of nitrogens with zero attached hydrogens (tertiary/aromatic N) is 1. The molecule has 108 valence electrons. The fourth-order valence-corrected chi connectivity index (χ4v) is 4.01. The van der Waals surface area contributed by atoms with Gasteiger partial charge in [-0.15, -0.1) is 0 Å². The maximum atomic E-state index is 13.3. The molecule has 3 rings (SSSR count). The standard InChI is InChI=1S/C15H18FNO3/c1-14-5-7-15(8-6-14,17(14)13(19)20)12(18)10-3-2-4-11(16)9-10/h2-4,9,12,18H,5-8H2,1H3,(H,19,20)/t12-,14?,15?/m0/s1. The van der Waals surface area contributed by atoms with Gasteiger partial charge in [0.25, 0.3) is 0 Å². The lowest BCUT2D eigenvalue weighted by Gasteiger charge is -2.39. The molecule has 1 aromatic rings. The fraction of sp³-hybridized carbons (Fsp3) is 0.533. The van der Waals surface area contributed by atoms with Crippen LogP contribution in [0, 0.1) is 5.82 Å². The minimum absolute atomic E-state index is 0.403. The quantitative estimate of drug-likeness (QED) is 0.875. The zero-order valence-electron chi connectivity index (χ0n) is 11.3. The normalized spacial score (nSPS) is 33.5. The predicted molar refractivity (Wildman–Crippen MR) is 70.8 cm³/mol. The van der Waals surface area contributed by atoms with Crippen LogP contribution in [0.25, 0.3) is 0 Å². The molecule has 1 aromatic carbocycles. The first-order valence-electron chi connectivity index (χ1n) is 6.86. The lowest BCUT2D eigenvalue weighted by atomic mass is 9.78. The molecule has 2 aliphatic heterocycles. The Morgan fingerprint density at radius 3 is 2.55 bits per heavy atom. The zero-order chi connectivity index (χ0) is 14.5. The second kappa shape index (κ2) is 4.19. The van der Waals surface area contributed by atoms with E-state index in [0.29, 0.717) is 18.4 Å². The van der Waals surface area contributed by atoms with Crippen LogP contribution in [0.4, 0.5) is 9.18 Å². The van der Waals surface area contributed by atoms with Gasteiger partial charge < -0.3 is 10.2 Å². The molecule has 2 saturated heterocycles. The van der Waals surface area contributed by atoms with Gasteiger partial charge in [-0.2, -0.15) is 0 Å². The van der Waals surface area contributed by atoms with E-state index in [9.17, 15) is 19.4 Å². The Balaban J connectivity index is 2.02. The Morgan fingerprint density at radius 2 is 2.00 bits per heavy atom. The molecule has 1 atom stereocenters. The van der Waals surface area contributed by atoms with Crippen LogP contribution >= 0.6 is 0 Å². The summed E-state index contributed by atoms with van der Waals surface area (Å²) in [7, 11) is 0. The second-order valence-corrected chi connectivity index (χ2v) is 6.18. The zero-order valence-corrected chi connectivity index (χ0v) is 11.3. The van der Waals surface area contributed by atoms with Gasteiger partial charge in [-0.1, -0.05) is 12.1 Å². The van der Waals surface area contributed by atoms with E-state index in [0.717, 1.165) is 12.8 Å². The molecule has 0 saturated carbocycles. The molecule has 2 heterocycles. The number of rotatable bonds is 2. The number of halogens is 1. The van der Waals surface area contributed by atoms with Crippen molar-refractivity contribution < 1.29 is 19.4 Å². The monoisotopic (exact) mass is 279 g/mol. The van der Waals surface area contributed by atoms with Gasteiger partial charge in [0.05, 0.1) is 5.54 Å². The van der Waals surface area contributed by atoms with Crippen LogP contribution in [-0.2, 0) is 0 Å². The van der Waals surface area contributed by atoms with E-state index >= 15 is 0 Å². The lowest BCUT2D eigenvalue weighted by molar-refractivity contribution is -0.00183. The maximum absolute atomic E-state index is 13.3. The number of benzene rings is 1. The van der Waals surface area contributed by atoms with Crippen LogP contribution in [0.1, 0.15) is 44.3 Å². The van der Waals surface area contributed by atoms with E-state index < -0.39 is 29.1 Å². The molecular weight excluding hydrogens is 261 g/mol. The van der Waals surface area contributed by atoms with Gasteiger partial charge in [-0.05, 0) is 50.3 Å². The smallest absolute Gasteiger partial charge is 0.408 e. The van der Waals surface area contributed by atoms with E-state index in [1.54, 1.807) is 12.1 Å². The summed E-state index contributed by atoms with van der Waals surface area (Å²) in [6.45, 7) is 1.92. The molecule has 2 N–H and O–H groups in total. The summed E-state index contributed by atoms with van der Waals surface area (Å²) in [6, 6.07) is 5.79. The van der Waals surface area contributed by atoms with Crippen LogP contribution in [0.5, 0.6) is 0 Å². The van der Waals surface area contributed by atoms with Crippen LogP contribution in [0.3, 0.4) is 0 Å². The van der Waals surface area contributed by atoms with Crippen LogP contribution in [0.15, 0.2) is 24.3 Å². The highest BCUT2D eigenvalue weighted by atomic mass is 19.1. The summed E-state index contributed by atoms with van der Waals surface area (Å²) >= 11 is 0. The van der Waals surface area contributed by atoms with Gasteiger partial charge in [-0.25, -0.2) is 9.18 Å². The van der Waals surface area contributed by atoms with Gasteiger partial charge in [0.2, 0.25) is 0 Å². The molecule has 20 heavy (non-hydrogen) atoms. The van der Waals surface area contributed by atoms with Crippen molar-refractivity contribution in [2.75, 3.05) is 0 Å². The predicted octanol–water partition coefficient (Wildman–Crippen LogP) is 2.92. The van der Waals surface area contributed by atoms with E-state index in [4.69, 9.17) is 0 Å². The van der Waals surface area contributed by atoms with Crippen molar-refractivity contribution in [3.05, 3.63) is 35.6 Å². The highest BCUT2D eigenvalue weighted by molar-refractivity contribution is 5.69. The topological polar surface area (TPSA) is 60.8 Å². The lowest BCUT2D eigenvalue weighted by Crippen LogP contribution is -2.51. The number of amides is 1. The van der Waals surface area contributed by atoms with E-state index in [2.05, 4.69) is 0 Å². The van der Waals surface area contributed by atoms with Crippen molar-refractivity contribution >= 4 is 6.09 Å². The summed E-state index contributed by atoms with van der Waals surface area (Å²) in [5.41, 5.74) is -0.767. The summed E-state index contributed by atoms with van der Waals surface area (Å²) in [4.78, 5) is 13.0. The van der Waals surface area contributed by atoms with Crippen molar-refractivity contribution in [2.45, 2.75) is 49.8 Å². The molecule has 2 bridgehead atoms. The first-order valence-corrected chi connectivity index (χ1v) is 6.86. The van der Waals surface area contributed by atoms with Crippen molar-refractivity contribution in [1.82, 2.24) is 4.90 Å². The summed E-state index contributed by atoms with van der Waals surface area (Å²) in [6.07, 6.45) is 0.731. The Bertz CT molecular complexity index is 552. The molecule has 1 amide bonds. The summed E-state index contributed by atoms with van der Waals surface area (Å²) in [5, 5.41) is 20.2. The number of fused-ring (bicyclic) bond motifs is 2. The number of aliphatic hydroxyl groups is 1. The van der Waals surface area contributed by atoms with Crippen molar-refractivity contribution in [1.29, 1.82) is 0 Å². The SMILES string of the molecule is CC12CCC([C@@H](O)c3cccc(F)c3)(CC1)N2C(=O)O. The molecule has 0 aromatic heterocycles. The van der Waals surface area contributed by atoms with Gasteiger partial charge >= 0.3 is 6.09 Å². The Hall–Kier alpha value is -1.62. The van der Waals surface area contributed by atoms with E-state index in [1.165, 1.54) is 17.0 Å². The highest BCUT2D eigenvalue weighted by Crippen LogP contribution is 2.57. The first-order chi connectivity index (χ1) is 9.39. The number of aliphatic hydroxyl groups excluding tert-OH is 1. The average molecular weight is 279 g/mol. The highest BCUT2D eigenvalue weighted by Gasteiger charge is 2.63. The maximum Gasteiger partial charge on any atom is 0.408 e. The van der Waals surface area contributed by atoms with Crippen LogP contribution < -0.4 is 0 Å². The third-order valence-corrected chi connectivity index (χ3v) is 5.04. The summed E-state index contributed by atoms with van der Waals surface area (Å²) in [5.74, 6) is -0.418. The second-order valence-electron chi connectivity index (χ2n) is 6.18. The molecule has 2 aliphatic rings. The number of hydrogen-bond donors (Lipinski definition) is 2. The minimum atomic E-state index is -1.00. The molecule has 0 unspecified atom stereocenters. The third kappa shape index (κ3) is 1.66. The van der Waals surface area contributed by atoms with Crippen LogP contribution in [0.2, 0.25) is 0 Å². The van der Waals surface area contributed by atoms with Gasteiger partial charge in [-0.3, -0.25) is 4.90 Å². The van der Waals surface area contributed by atoms with Gasteiger partial charge in [0.1, 0.15) is 11.9 Å². The van der Waals surface area contributed by atoms with Crippen molar-refractivity contribution in [3.63, 3.8) is 0 Å². The molecule has 2 fully saturated rings. The minimum Gasteiger partial charge on any atom is -0.465 e. The van der Waals surface area contributed by atoms with E-state index in [1.807, 2.05) is 6.92 Å². The molecule has 5 heteroatoms. The number of hydrogen-bond acceptors (Lipinski definition) is 2. The van der Waals surface area contributed by atoms with Crippen molar-refractivity contribution in [3.8, 4) is 0 Å². The Labute approximate surface area is 116 Å². The van der Waals surface area contributed by atoms with Crippen LogP contribution in [-0.4, -0.2) is 32.3 Å². The molecule has 0 spiro atoms. The molecule has 0 aliphatic carbocycles. The number of carbonyl (C=O) groups is 1. The Morgan fingerprint density at radius 1 is 1.35 bits per heavy atom. The summed E-state index contributed by atoms with van der Waals surface area (Å²) < 4.78 is 13.3. The average Bonchev–Trinajstić information content (AvgIpc) is 2.87. The van der Waals surface area contributed by atoms with E-state index in [-0.39, 0.29) is 0 Å². The van der Waals surface area contributed by atoms with Gasteiger partial charge in [0.15, 0.2) is 0 Å². The van der Waals surface area contributed by atoms with Crippen molar-refractivity contribution in [2.24, 2.45) is 0 Å².